The predicted molar refractivity (Wildman–Crippen MR) is 64.9 cm³/mol. The third-order valence-corrected chi connectivity index (χ3v) is 3.36. The zero-order chi connectivity index (χ0) is 12.3. The summed E-state index contributed by atoms with van der Waals surface area (Å²) in [7, 11) is 0. The number of aliphatic carboxylic acids is 1. The van der Waals surface area contributed by atoms with Crippen LogP contribution in [0.4, 0.5) is 0 Å². The van der Waals surface area contributed by atoms with Gasteiger partial charge in [-0.3, -0.25) is 9.59 Å². The molecule has 0 fully saturated rings. The second kappa shape index (κ2) is 5.46. The van der Waals surface area contributed by atoms with Gasteiger partial charge >= 0.3 is 5.97 Å². The normalized spacial score (nSPS) is 12.2. The molecule has 5 heteroatoms. The number of rotatable bonds is 4. The summed E-state index contributed by atoms with van der Waals surface area (Å²) in [6.45, 7) is 1.59. The summed E-state index contributed by atoms with van der Waals surface area (Å²) in [5.41, 5.74) is 0.432. The average Bonchev–Trinajstić information content (AvgIpc) is 2.20. The maximum absolute atomic E-state index is 11.8. The second-order valence-corrected chi connectivity index (χ2v) is 4.75. The summed E-state index contributed by atoms with van der Waals surface area (Å²) in [4.78, 5) is 22.3. The lowest BCUT2D eigenvalue weighted by molar-refractivity contribution is -0.137. The highest BCUT2D eigenvalue weighted by molar-refractivity contribution is 9.10. The minimum Gasteiger partial charge on any atom is -0.481 e. The number of hydrogen-bond donors (Lipinski definition) is 1. The Balaban J connectivity index is 2.88. The van der Waals surface area contributed by atoms with Crippen molar-refractivity contribution in [2.45, 2.75) is 13.3 Å². The molecule has 0 saturated carbocycles. The van der Waals surface area contributed by atoms with Gasteiger partial charge in [0, 0.05) is 16.0 Å². The highest BCUT2D eigenvalue weighted by atomic mass is 79.9. The first kappa shape index (κ1) is 13.2. The van der Waals surface area contributed by atoms with Crippen LogP contribution >= 0.6 is 27.5 Å². The molecule has 0 saturated heterocycles. The highest BCUT2D eigenvalue weighted by Crippen LogP contribution is 2.24. The number of Topliss-reactive ketones (excluding diaryl/α,β-unsaturated/α-hetero) is 1. The Bertz CT molecular complexity index is 431. The van der Waals surface area contributed by atoms with Gasteiger partial charge in [0.15, 0.2) is 5.78 Å². The fraction of sp³-hybridized carbons (Fsp3) is 0.273. The maximum Gasteiger partial charge on any atom is 0.304 e. The number of ketones is 1. The summed E-state index contributed by atoms with van der Waals surface area (Å²) in [6, 6.07) is 4.83. The Morgan fingerprint density at radius 2 is 2.12 bits per heavy atom. The molecule has 0 aliphatic rings. The van der Waals surface area contributed by atoms with E-state index in [4.69, 9.17) is 16.7 Å². The van der Waals surface area contributed by atoms with Gasteiger partial charge in [0.2, 0.25) is 0 Å². The van der Waals surface area contributed by atoms with E-state index in [2.05, 4.69) is 15.9 Å². The van der Waals surface area contributed by atoms with Crippen molar-refractivity contribution in [3.05, 3.63) is 33.3 Å². The van der Waals surface area contributed by atoms with Crippen LogP contribution in [-0.4, -0.2) is 16.9 Å². The molecule has 0 amide bonds. The third kappa shape index (κ3) is 3.32. The minimum absolute atomic E-state index is 0.174. The van der Waals surface area contributed by atoms with E-state index in [0.717, 1.165) is 0 Å². The molecule has 0 aliphatic heterocycles. The van der Waals surface area contributed by atoms with Crippen molar-refractivity contribution in [1.29, 1.82) is 0 Å². The van der Waals surface area contributed by atoms with Crippen molar-refractivity contribution >= 4 is 39.3 Å². The number of carboxylic acid groups (broad SMARTS) is 1. The van der Waals surface area contributed by atoms with Gasteiger partial charge in [0.1, 0.15) is 0 Å². The van der Waals surface area contributed by atoms with Gasteiger partial charge in [-0.1, -0.05) is 24.6 Å². The van der Waals surface area contributed by atoms with E-state index >= 15 is 0 Å². The predicted octanol–water partition coefficient (Wildman–Crippen LogP) is 3.40. The van der Waals surface area contributed by atoms with Crippen molar-refractivity contribution in [1.82, 2.24) is 0 Å². The second-order valence-electron chi connectivity index (χ2n) is 3.49. The Kier molecular flexibility index (Phi) is 4.50. The van der Waals surface area contributed by atoms with Gasteiger partial charge in [-0.25, -0.2) is 0 Å². The van der Waals surface area contributed by atoms with Gasteiger partial charge in [-0.05, 0) is 28.1 Å². The summed E-state index contributed by atoms with van der Waals surface area (Å²) in [6.07, 6.45) is -0.174. The molecule has 86 valence electrons. The van der Waals surface area contributed by atoms with Crippen molar-refractivity contribution in [2.24, 2.45) is 5.92 Å². The number of benzene rings is 1. The molecule has 0 heterocycles. The molecular weight excluding hydrogens is 295 g/mol. The van der Waals surface area contributed by atoms with E-state index in [1.165, 1.54) is 6.07 Å². The van der Waals surface area contributed by atoms with Crippen LogP contribution in [0.2, 0.25) is 5.02 Å². The number of carbonyl (C=O) groups excluding carboxylic acids is 1. The highest BCUT2D eigenvalue weighted by Gasteiger charge is 2.18. The lowest BCUT2D eigenvalue weighted by atomic mass is 9.97. The molecule has 1 rings (SSSR count). The standard InChI is InChI=1S/C11H10BrClO3/c1-6(4-10(14)15)11(16)7-2-3-8(12)9(13)5-7/h2-3,5-6H,4H2,1H3,(H,14,15). The molecule has 0 aromatic heterocycles. The fourth-order valence-electron chi connectivity index (χ4n) is 1.29. The van der Waals surface area contributed by atoms with Gasteiger partial charge in [-0.15, -0.1) is 0 Å². The molecule has 1 atom stereocenters. The van der Waals surface area contributed by atoms with Crippen LogP contribution in [0, 0.1) is 5.92 Å². The number of carbonyl (C=O) groups is 2. The topological polar surface area (TPSA) is 54.4 Å². The molecule has 0 bridgehead atoms. The van der Waals surface area contributed by atoms with E-state index < -0.39 is 11.9 Å². The monoisotopic (exact) mass is 304 g/mol. The van der Waals surface area contributed by atoms with E-state index in [9.17, 15) is 9.59 Å². The molecule has 16 heavy (non-hydrogen) atoms. The Labute approximate surface area is 107 Å². The molecular formula is C11H10BrClO3. The van der Waals surface area contributed by atoms with Crippen molar-refractivity contribution < 1.29 is 14.7 Å². The quantitative estimate of drug-likeness (QED) is 0.867. The third-order valence-electron chi connectivity index (χ3n) is 2.13. The smallest absolute Gasteiger partial charge is 0.304 e. The van der Waals surface area contributed by atoms with E-state index in [1.54, 1.807) is 19.1 Å². The molecule has 0 radical (unpaired) electrons. The minimum atomic E-state index is -0.982. The first-order valence-corrected chi connectivity index (χ1v) is 5.80. The van der Waals surface area contributed by atoms with Crippen LogP contribution in [0.3, 0.4) is 0 Å². The number of halogens is 2. The summed E-state index contributed by atoms with van der Waals surface area (Å²) >= 11 is 9.07. The van der Waals surface area contributed by atoms with Crippen molar-refractivity contribution in [2.75, 3.05) is 0 Å². The lowest BCUT2D eigenvalue weighted by Crippen LogP contribution is -2.15. The molecule has 1 unspecified atom stereocenters. The van der Waals surface area contributed by atoms with Crippen molar-refractivity contribution in [3.63, 3.8) is 0 Å². The van der Waals surface area contributed by atoms with Gasteiger partial charge in [0.05, 0.1) is 11.4 Å². The largest absolute Gasteiger partial charge is 0.481 e. The van der Waals surface area contributed by atoms with E-state index in [0.29, 0.717) is 15.1 Å². The zero-order valence-corrected chi connectivity index (χ0v) is 10.9. The van der Waals surface area contributed by atoms with E-state index in [1.807, 2.05) is 0 Å². The maximum atomic E-state index is 11.8. The fourth-order valence-corrected chi connectivity index (χ4v) is 1.72. The molecule has 0 aliphatic carbocycles. The molecule has 0 spiro atoms. The molecule has 1 aromatic carbocycles. The van der Waals surface area contributed by atoms with E-state index in [-0.39, 0.29) is 12.2 Å². The molecule has 1 N–H and O–H groups in total. The zero-order valence-electron chi connectivity index (χ0n) is 8.54. The van der Waals surface area contributed by atoms with Gasteiger partial charge in [0.25, 0.3) is 0 Å². The summed E-state index contributed by atoms with van der Waals surface area (Å²) in [5.74, 6) is -1.74. The number of carboxylic acids is 1. The first-order valence-electron chi connectivity index (χ1n) is 4.63. The van der Waals surface area contributed by atoms with Crippen molar-refractivity contribution in [3.8, 4) is 0 Å². The first-order chi connectivity index (χ1) is 7.41. The Morgan fingerprint density at radius 3 is 2.62 bits per heavy atom. The summed E-state index contributed by atoms with van der Waals surface area (Å²) < 4.78 is 0.705. The van der Waals surface area contributed by atoms with Crippen LogP contribution in [-0.2, 0) is 4.79 Å². The Hall–Kier alpha value is -0.870. The van der Waals surface area contributed by atoms with Gasteiger partial charge in [-0.2, -0.15) is 0 Å². The van der Waals surface area contributed by atoms with Crippen LogP contribution in [0.25, 0.3) is 0 Å². The van der Waals surface area contributed by atoms with Crippen LogP contribution < -0.4 is 0 Å². The lowest BCUT2D eigenvalue weighted by Gasteiger charge is -2.08. The SMILES string of the molecule is CC(CC(=O)O)C(=O)c1ccc(Br)c(Cl)c1. The molecule has 3 nitrogen and oxygen atoms in total. The molecule has 1 aromatic rings. The average molecular weight is 306 g/mol. The van der Waals surface area contributed by atoms with Gasteiger partial charge < -0.3 is 5.11 Å². The van der Waals surface area contributed by atoms with Crippen LogP contribution in [0.15, 0.2) is 22.7 Å². The van der Waals surface area contributed by atoms with Crippen LogP contribution in [0.1, 0.15) is 23.7 Å². The van der Waals surface area contributed by atoms with Crippen LogP contribution in [0.5, 0.6) is 0 Å². The number of hydrogen-bond acceptors (Lipinski definition) is 2. The Morgan fingerprint density at radius 1 is 1.50 bits per heavy atom. The summed E-state index contributed by atoms with van der Waals surface area (Å²) in [5, 5.41) is 9.03.